The molecule has 1 aliphatic heterocycles. The second kappa shape index (κ2) is 7.72. The number of carbonyl (C=O) groups excluding carboxylic acids is 2. The van der Waals surface area contributed by atoms with Gasteiger partial charge in [0.15, 0.2) is 0 Å². The molecule has 0 saturated heterocycles. The van der Waals surface area contributed by atoms with Crippen LogP contribution in [0.1, 0.15) is 45.9 Å². The van der Waals surface area contributed by atoms with Gasteiger partial charge in [0.05, 0.1) is 16.7 Å². The van der Waals surface area contributed by atoms with Crippen molar-refractivity contribution in [2.75, 3.05) is 6.54 Å². The van der Waals surface area contributed by atoms with E-state index in [0.717, 1.165) is 12.8 Å². The van der Waals surface area contributed by atoms with Crippen molar-refractivity contribution in [2.45, 2.75) is 25.7 Å². The molecular weight excluding hydrogens is 361 g/mol. The van der Waals surface area contributed by atoms with Crippen LogP contribution in [0.2, 0.25) is 0 Å². The van der Waals surface area contributed by atoms with Crippen molar-refractivity contribution < 1.29 is 18.4 Å². The van der Waals surface area contributed by atoms with Gasteiger partial charge in [-0.05, 0) is 37.1 Å². The van der Waals surface area contributed by atoms with Gasteiger partial charge in [-0.25, -0.2) is 4.39 Å². The van der Waals surface area contributed by atoms with E-state index in [4.69, 9.17) is 4.42 Å². The van der Waals surface area contributed by atoms with Crippen LogP contribution in [0.3, 0.4) is 0 Å². The Kier molecular flexibility index (Phi) is 4.97. The first kappa shape index (κ1) is 18.0. The number of fused-ring (bicyclic) bond motifs is 1. The summed E-state index contributed by atoms with van der Waals surface area (Å²) in [5, 5.41) is 7.86. The molecule has 4 rings (SSSR count). The molecular formula is C21H18FN3O3. The van der Waals surface area contributed by atoms with Gasteiger partial charge in [0.2, 0.25) is 5.89 Å². The highest BCUT2D eigenvalue weighted by atomic mass is 19.1. The van der Waals surface area contributed by atoms with E-state index in [9.17, 15) is 14.0 Å². The predicted molar refractivity (Wildman–Crippen MR) is 99.1 cm³/mol. The summed E-state index contributed by atoms with van der Waals surface area (Å²) in [5.41, 5.74) is 1.23. The molecule has 2 heterocycles. The second-order valence-electron chi connectivity index (χ2n) is 6.60. The molecule has 0 aliphatic carbocycles. The van der Waals surface area contributed by atoms with Crippen molar-refractivity contribution in [2.24, 2.45) is 0 Å². The summed E-state index contributed by atoms with van der Waals surface area (Å²) in [6.45, 7) is 0.386. The van der Waals surface area contributed by atoms with E-state index in [0.29, 0.717) is 36.4 Å². The highest BCUT2D eigenvalue weighted by molar-refractivity contribution is 6.21. The van der Waals surface area contributed by atoms with Gasteiger partial charge in [0.1, 0.15) is 5.82 Å². The number of hydrogen-bond acceptors (Lipinski definition) is 5. The third kappa shape index (κ3) is 3.43. The molecule has 6 nitrogen and oxygen atoms in total. The lowest BCUT2D eigenvalue weighted by atomic mass is 10.1. The van der Waals surface area contributed by atoms with Gasteiger partial charge < -0.3 is 4.42 Å². The van der Waals surface area contributed by atoms with Crippen LogP contribution in [0.4, 0.5) is 4.39 Å². The SMILES string of the molecule is O=C1c2ccccc2C(=O)N1CCCCCc1nnc(-c2ccccc2F)o1. The van der Waals surface area contributed by atoms with Crippen LogP contribution in [0.15, 0.2) is 52.9 Å². The quantitative estimate of drug-likeness (QED) is 0.460. The maximum absolute atomic E-state index is 13.8. The lowest BCUT2D eigenvalue weighted by Crippen LogP contribution is -2.30. The van der Waals surface area contributed by atoms with Gasteiger partial charge in [-0.15, -0.1) is 10.2 Å². The Morgan fingerprint density at radius 3 is 2.14 bits per heavy atom. The molecule has 7 heteroatoms. The lowest BCUT2D eigenvalue weighted by molar-refractivity contribution is 0.0651. The molecule has 28 heavy (non-hydrogen) atoms. The molecule has 2 aromatic carbocycles. The number of unbranched alkanes of at least 4 members (excludes halogenated alkanes) is 2. The highest BCUT2D eigenvalue weighted by Gasteiger charge is 2.34. The van der Waals surface area contributed by atoms with Crippen LogP contribution < -0.4 is 0 Å². The number of rotatable bonds is 7. The smallest absolute Gasteiger partial charge is 0.261 e. The molecule has 0 fully saturated rings. The van der Waals surface area contributed by atoms with E-state index in [2.05, 4.69) is 10.2 Å². The molecule has 0 radical (unpaired) electrons. The Labute approximate surface area is 161 Å². The lowest BCUT2D eigenvalue weighted by Gasteiger charge is -2.13. The number of imide groups is 1. The van der Waals surface area contributed by atoms with E-state index in [-0.39, 0.29) is 23.3 Å². The number of aromatic nitrogens is 2. The van der Waals surface area contributed by atoms with Gasteiger partial charge in [0, 0.05) is 13.0 Å². The molecule has 2 amide bonds. The van der Waals surface area contributed by atoms with Crippen LogP contribution in [-0.2, 0) is 6.42 Å². The molecule has 0 bridgehead atoms. The fourth-order valence-corrected chi connectivity index (χ4v) is 3.26. The largest absolute Gasteiger partial charge is 0.421 e. The first-order valence-electron chi connectivity index (χ1n) is 9.17. The standard InChI is InChI=1S/C21H18FN3O3/c22-17-11-6-5-10-16(17)19-24-23-18(28-19)12-2-1-7-13-25-20(26)14-8-3-4-9-15(14)21(25)27/h3-6,8-11H,1-2,7,12-13H2. The predicted octanol–water partition coefficient (Wildman–Crippen LogP) is 3.88. The summed E-state index contributed by atoms with van der Waals surface area (Å²) in [5.74, 6) is -0.254. The monoisotopic (exact) mass is 379 g/mol. The summed E-state index contributed by atoms with van der Waals surface area (Å²) in [6.07, 6.45) is 2.82. The van der Waals surface area contributed by atoms with Crippen molar-refractivity contribution >= 4 is 11.8 Å². The van der Waals surface area contributed by atoms with Crippen molar-refractivity contribution in [3.63, 3.8) is 0 Å². The van der Waals surface area contributed by atoms with Crippen molar-refractivity contribution in [3.8, 4) is 11.5 Å². The Hall–Kier alpha value is -3.35. The number of benzene rings is 2. The number of halogens is 1. The normalized spacial score (nSPS) is 13.2. The number of carbonyl (C=O) groups is 2. The zero-order chi connectivity index (χ0) is 19.5. The van der Waals surface area contributed by atoms with Gasteiger partial charge in [-0.1, -0.05) is 30.7 Å². The number of aryl methyl sites for hydroxylation is 1. The Morgan fingerprint density at radius 1 is 0.821 bits per heavy atom. The molecule has 0 N–H and O–H groups in total. The Morgan fingerprint density at radius 2 is 1.46 bits per heavy atom. The topological polar surface area (TPSA) is 76.3 Å². The summed E-state index contributed by atoms with van der Waals surface area (Å²) in [6, 6.07) is 13.1. The maximum atomic E-state index is 13.8. The van der Waals surface area contributed by atoms with Gasteiger partial charge in [-0.3, -0.25) is 14.5 Å². The minimum Gasteiger partial charge on any atom is -0.421 e. The Bertz CT molecular complexity index is 996. The molecule has 142 valence electrons. The van der Waals surface area contributed by atoms with Gasteiger partial charge >= 0.3 is 0 Å². The third-order valence-corrected chi connectivity index (χ3v) is 4.72. The summed E-state index contributed by atoms with van der Waals surface area (Å²) >= 11 is 0. The minimum absolute atomic E-state index is 0.166. The highest BCUT2D eigenvalue weighted by Crippen LogP contribution is 2.23. The number of nitrogens with zero attached hydrogens (tertiary/aromatic N) is 3. The van der Waals surface area contributed by atoms with E-state index < -0.39 is 5.82 Å². The zero-order valence-corrected chi connectivity index (χ0v) is 15.1. The molecule has 0 saturated carbocycles. The third-order valence-electron chi connectivity index (χ3n) is 4.72. The molecule has 0 atom stereocenters. The zero-order valence-electron chi connectivity index (χ0n) is 15.1. The van der Waals surface area contributed by atoms with Crippen LogP contribution >= 0.6 is 0 Å². The fourth-order valence-electron chi connectivity index (χ4n) is 3.26. The second-order valence-corrected chi connectivity index (χ2v) is 6.60. The van der Waals surface area contributed by atoms with Crippen LogP contribution in [-0.4, -0.2) is 33.5 Å². The maximum Gasteiger partial charge on any atom is 0.261 e. The van der Waals surface area contributed by atoms with E-state index in [1.807, 2.05) is 0 Å². The first-order chi connectivity index (χ1) is 13.6. The average Bonchev–Trinajstić information content (AvgIpc) is 3.27. The van der Waals surface area contributed by atoms with E-state index in [1.165, 1.54) is 11.0 Å². The van der Waals surface area contributed by atoms with Crippen LogP contribution in [0.5, 0.6) is 0 Å². The van der Waals surface area contributed by atoms with Crippen molar-refractivity contribution in [1.29, 1.82) is 0 Å². The van der Waals surface area contributed by atoms with Crippen LogP contribution in [0.25, 0.3) is 11.5 Å². The summed E-state index contributed by atoms with van der Waals surface area (Å²) in [7, 11) is 0. The molecule has 0 spiro atoms. The van der Waals surface area contributed by atoms with Crippen LogP contribution in [0, 0.1) is 5.82 Å². The number of hydrogen-bond donors (Lipinski definition) is 0. The van der Waals surface area contributed by atoms with E-state index >= 15 is 0 Å². The minimum atomic E-state index is -0.404. The molecule has 3 aromatic rings. The van der Waals surface area contributed by atoms with Crippen molar-refractivity contribution in [3.05, 3.63) is 71.4 Å². The first-order valence-corrected chi connectivity index (χ1v) is 9.17. The summed E-state index contributed by atoms with van der Waals surface area (Å²) in [4.78, 5) is 25.9. The van der Waals surface area contributed by atoms with Crippen molar-refractivity contribution in [1.82, 2.24) is 15.1 Å². The fraction of sp³-hybridized carbons (Fsp3) is 0.238. The average molecular weight is 379 g/mol. The summed E-state index contributed by atoms with van der Waals surface area (Å²) < 4.78 is 19.3. The van der Waals surface area contributed by atoms with Gasteiger partial charge in [0.25, 0.3) is 17.7 Å². The van der Waals surface area contributed by atoms with Gasteiger partial charge in [-0.2, -0.15) is 0 Å². The molecule has 0 unspecified atom stereocenters. The Balaban J connectivity index is 1.26. The molecule has 1 aliphatic rings. The van der Waals surface area contributed by atoms with E-state index in [1.54, 1.807) is 42.5 Å². The molecule has 1 aromatic heterocycles. The number of amides is 2.